The van der Waals surface area contributed by atoms with Crippen LogP contribution in [0.15, 0.2) is 11.8 Å². The van der Waals surface area contributed by atoms with Crippen molar-refractivity contribution >= 4 is 0 Å². The monoisotopic (exact) mass is 136 g/mol. The minimum Gasteiger partial charge on any atom is -0.482 e. The Labute approximate surface area is 62.1 Å². The van der Waals surface area contributed by atoms with Crippen molar-refractivity contribution in [2.45, 2.75) is 32.3 Å². The first kappa shape index (κ1) is 7.21. The number of allylic oxidation sites excluding steroid dienone is 2. The van der Waals surface area contributed by atoms with Gasteiger partial charge in [0.1, 0.15) is 0 Å². The van der Waals surface area contributed by atoms with Crippen molar-refractivity contribution in [2.24, 2.45) is 0 Å². The molecule has 0 bridgehead atoms. The predicted octanol–water partition coefficient (Wildman–Crippen LogP) is 2.09. The number of terminal acetylenes is 1. The van der Waals surface area contributed by atoms with Crippen molar-refractivity contribution in [1.29, 1.82) is 0 Å². The smallest absolute Gasteiger partial charge is 0.158 e. The standard InChI is InChI=1S/C9H12O/c1-3-8-6-5-7-9(4-2)10-8/h1,7-8H,4-6H2,2H3/t8-/m1/s1. The molecule has 0 radical (unpaired) electrons. The van der Waals surface area contributed by atoms with Gasteiger partial charge in [-0.05, 0) is 18.9 Å². The van der Waals surface area contributed by atoms with Gasteiger partial charge in [0, 0.05) is 6.42 Å². The summed E-state index contributed by atoms with van der Waals surface area (Å²) in [7, 11) is 0. The van der Waals surface area contributed by atoms with E-state index in [-0.39, 0.29) is 6.10 Å². The molecule has 0 spiro atoms. The zero-order chi connectivity index (χ0) is 7.40. The van der Waals surface area contributed by atoms with E-state index in [1.807, 2.05) is 0 Å². The van der Waals surface area contributed by atoms with Crippen LogP contribution >= 0.6 is 0 Å². The number of ether oxygens (including phenoxy) is 1. The largest absolute Gasteiger partial charge is 0.482 e. The molecule has 1 heterocycles. The topological polar surface area (TPSA) is 9.23 Å². The molecule has 1 atom stereocenters. The molecule has 0 N–H and O–H groups in total. The summed E-state index contributed by atoms with van der Waals surface area (Å²) in [4.78, 5) is 0. The molecule has 0 aliphatic carbocycles. The first-order valence-electron chi connectivity index (χ1n) is 3.68. The van der Waals surface area contributed by atoms with Crippen molar-refractivity contribution in [3.8, 4) is 12.3 Å². The molecular weight excluding hydrogens is 124 g/mol. The van der Waals surface area contributed by atoms with E-state index >= 15 is 0 Å². The van der Waals surface area contributed by atoms with E-state index in [0.29, 0.717) is 0 Å². The maximum absolute atomic E-state index is 5.41. The second-order valence-electron chi connectivity index (χ2n) is 2.37. The third kappa shape index (κ3) is 1.54. The molecule has 10 heavy (non-hydrogen) atoms. The third-order valence-electron chi connectivity index (χ3n) is 1.63. The number of hydrogen-bond donors (Lipinski definition) is 0. The van der Waals surface area contributed by atoms with Crippen molar-refractivity contribution in [3.05, 3.63) is 11.8 Å². The lowest BCUT2D eigenvalue weighted by atomic mass is 10.1. The minimum atomic E-state index is 0.0277. The second kappa shape index (κ2) is 3.31. The Bertz CT molecular complexity index is 174. The fraction of sp³-hybridized carbons (Fsp3) is 0.556. The van der Waals surface area contributed by atoms with Crippen molar-refractivity contribution < 1.29 is 4.74 Å². The Morgan fingerprint density at radius 2 is 2.70 bits per heavy atom. The van der Waals surface area contributed by atoms with Gasteiger partial charge in [0.2, 0.25) is 0 Å². The van der Waals surface area contributed by atoms with Gasteiger partial charge < -0.3 is 4.74 Å². The summed E-state index contributed by atoms with van der Waals surface area (Å²) < 4.78 is 5.41. The van der Waals surface area contributed by atoms with Crippen molar-refractivity contribution in [1.82, 2.24) is 0 Å². The average Bonchev–Trinajstić information content (AvgIpc) is 2.05. The maximum atomic E-state index is 5.41. The van der Waals surface area contributed by atoms with E-state index in [9.17, 15) is 0 Å². The summed E-state index contributed by atoms with van der Waals surface area (Å²) in [6, 6.07) is 0. The average molecular weight is 136 g/mol. The minimum absolute atomic E-state index is 0.0277. The quantitative estimate of drug-likeness (QED) is 0.501. The highest BCUT2D eigenvalue weighted by atomic mass is 16.5. The second-order valence-corrected chi connectivity index (χ2v) is 2.37. The van der Waals surface area contributed by atoms with Gasteiger partial charge in [-0.1, -0.05) is 12.8 Å². The van der Waals surface area contributed by atoms with Crippen LogP contribution in [0, 0.1) is 12.3 Å². The molecule has 1 aliphatic rings. The SMILES string of the molecule is C#C[C@@H]1CCC=C(CC)O1. The van der Waals surface area contributed by atoms with E-state index in [1.165, 1.54) is 0 Å². The summed E-state index contributed by atoms with van der Waals surface area (Å²) in [5.41, 5.74) is 0. The first-order valence-corrected chi connectivity index (χ1v) is 3.68. The molecule has 0 aromatic rings. The molecule has 0 aromatic heterocycles. The Kier molecular flexibility index (Phi) is 2.39. The van der Waals surface area contributed by atoms with Crippen LogP contribution in [0.25, 0.3) is 0 Å². The van der Waals surface area contributed by atoms with Gasteiger partial charge in [0.05, 0.1) is 5.76 Å². The summed E-state index contributed by atoms with van der Waals surface area (Å²) in [6.07, 6.45) is 10.4. The molecule has 0 saturated heterocycles. The molecular formula is C9H12O. The molecule has 1 rings (SSSR count). The molecule has 1 nitrogen and oxygen atoms in total. The van der Waals surface area contributed by atoms with Gasteiger partial charge in [-0.15, -0.1) is 6.42 Å². The summed E-state index contributed by atoms with van der Waals surface area (Å²) >= 11 is 0. The van der Waals surface area contributed by atoms with Crippen LogP contribution in [-0.4, -0.2) is 6.10 Å². The van der Waals surface area contributed by atoms with Gasteiger partial charge in [-0.3, -0.25) is 0 Å². The van der Waals surface area contributed by atoms with Gasteiger partial charge in [0.15, 0.2) is 6.10 Å². The van der Waals surface area contributed by atoms with E-state index in [0.717, 1.165) is 25.0 Å². The Hall–Kier alpha value is -0.900. The zero-order valence-corrected chi connectivity index (χ0v) is 6.26. The van der Waals surface area contributed by atoms with Crippen LogP contribution in [0.3, 0.4) is 0 Å². The number of hydrogen-bond acceptors (Lipinski definition) is 1. The Morgan fingerprint density at radius 3 is 3.30 bits per heavy atom. The predicted molar refractivity (Wildman–Crippen MR) is 41.3 cm³/mol. The lowest BCUT2D eigenvalue weighted by molar-refractivity contribution is 0.134. The molecule has 1 aliphatic heterocycles. The van der Waals surface area contributed by atoms with Crippen LogP contribution in [0.5, 0.6) is 0 Å². The molecule has 0 aromatic carbocycles. The lowest BCUT2D eigenvalue weighted by Gasteiger charge is -2.19. The van der Waals surface area contributed by atoms with Gasteiger partial charge >= 0.3 is 0 Å². The van der Waals surface area contributed by atoms with Crippen molar-refractivity contribution in [2.75, 3.05) is 0 Å². The van der Waals surface area contributed by atoms with Gasteiger partial charge in [-0.2, -0.15) is 0 Å². The Balaban J connectivity index is 2.50. The summed E-state index contributed by atoms with van der Waals surface area (Å²) in [5.74, 6) is 3.66. The third-order valence-corrected chi connectivity index (χ3v) is 1.63. The van der Waals surface area contributed by atoms with Crippen LogP contribution in [0.2, 0.25) is 0 Å². The van der Waals surface area contributed by atoms with Crippen LogP contribution in [0.4, 0.5) is 0 Å². The van der Waals surface area contributed by atoms with Crippen LogP contribution < -0.4 is 0 Å². The summed E-state index contributed by atoms with van der Waals surface area (Å²) in [5, 5.41) is 0. The fourth-order valence-corrected chi connectivity index (χ4v) is 1.03. The number of rotatable bonds is 1. The highest BCUT2D eigenvalue weighted by Crippen LogP contribution is 2.17. The van der Waals surface area contributed by atoms with E-state index in [2.05, 4.69) is 18.9 Å². The van der Waals surface area contributed by atoms with Crippen LogP contribution in [-0.2, 0) is 4.74 Å². The van der Waals surface area contributed by atoms with E-state index in [4.69, 9.17) is 11.2 Å². The normalized spacial score (nSPS) is 24.4. The van der Waals surface area contributed by atoms with E-state index in [1.54, 1.807) is 0 Å². The fourth-order valence-electron chi connectivity index (χ4n) is 1.03. The van der Waals surface area contributed by atoms with E-state index < -0.39 is 0 Å². The molecule has 1 heteroatoms. The van der Waals surface area contributed by atoms with Crippen LogP contribution in [0.1, 0.15) is 26.2 Å². The van der Waals surface area contributed by atoms with Gasteiger partial charge in [-0.25, -0.2) is 0 Å². The highest BCUT2D eigenvalue weighted by Gasteiger charge is 2.11. The van der Waals surface area contributed by atoms with Gasteiger partial charge in [0.25, 0.3) is 0 Å². The highest BCUT2D eigenvalue weighted by molar-refractivity contribution is 5.05. The maximum Gasteiger partial charge on any atom is 0.158 e. The first-order chi connectivity index (χ1) is 4.86. The molecule has 0 unspecified atom stereocenters. The van der Waals surface area contributed by atoms with Crippen molar-refractivity contribution in [3.63, 3.8) is 0 Å². The summed E-state index contributed by atoms with van der Waals surface area (Å²) in [6.45, 7) is 2.07. The molecule has 0 amide bonds. The zero-order valence-electron chi connectivity index (χ0n) is 6.26. The lowest BCUT2D eigenvalue weighted by Crippen LogP contribution is -2.13. The molecule has 0 saturated carbocycles. The Morgan fingerprint density at radius 1 is 1.90 bits per heavy atom. The molecule has 54 valence electrons. The molecule has 0 fully saturated rings.